The summed E-state index contributed by atoms with van der Waals surface area (Å²) in [5, 5.41) is 0. The molecule has 0 aliphatic carbocycles. The molecule has 0 unspecified atom stereocenters. The lowest BCUT2D eigenvalue weighted by Gasteiger charge is -1.99. The summed E-state index contributed by atoms with van der Waals surface area (Å²) < 4.78 is 0. The molecule has 0 aliphatic rings. The van der Waals surface area contributed by atoms with Gasteiger partial charge in [0.15, 0.2) is 0 Å². The van der Waals surface area contributed by atoms with E-state index in [1.165, 1.54) is 0 Å². The van der Waals surface area contributed by atoms with Crippen LogP contribution in [-0.4, -0.2) is 6.26 Å². The van der Waals surface area contributed by atoms with Gasteiger partial charge in [0.05, 0.1) is 0 Å². The molecule has 0 aromatic heterocycles. The molecular formula is C7H14N2S. The fraction of sp³-hybridized carbons (Fsp3) is 0.429. The second-order valence-electron chi connectivity index (χ2n) is 2.14. The topological polar surface area (TPSA) is 52.0 Å². The Balaban J connectivity index is 4.40. The number of nitrogens with two attached hydrogens (primary N) is 2. The second-order valence-corrected chi connectivity index (χ2v) is 2.99. The van der Waals surface area contributed by atoms with Crippen LogP contribution in [0.2, 0.25) is 0 Å². The van der Waals surface area contributed by atoms with E-state index in [9.17, 15) is 0 Å². The highest BCUT2D eigenvalue weighted by molar-refractivity contribution is 8.02. The molecule has 0 radical (unpaired) electrons. The van der Waals surface area contributed by atoms with Crippen molar-refractivity contribution < 1.29 is 0 Å². The fourth-order valence-electron chi connectivity index (χ4n) is 0.541. The summed E-state index contributed by atoms with van der Waals surface area (Å²) in [7, 11) is 0. The van der Waals surface area contributed by atoms with Crippen LogP contribution in [0.3, 0.4) is 0 Å². The van der Waals surface area contributed by atoms with Crippen molar-refractivity contribution in [1.29, 1.82) is 0 Å². The van der Waals surface area contributed by atoms with Gasteiger partial charge in [-0.2, -0.15) is 0 Å². The van der Waals surface area contributed by atoms with Crippen LogP contribution in [0.25, 0.3) is 0 Å². The van der Waals surface area contributed by atoms with Crippen molar-refractivity contribution in [3.05, 3.63) is 22.4 Å². The van der Waals surface area contributed by atoms with Crippen molar-refractivity contribution in [1.82, 2.24) is 0 Å². The summed E-state index contributed by atoms with van der Waals surface area (Å²) in [5.74, 6) is 0. The Hall–Kier alpha value is -0.570. The second kappa shape index (κ2) is 4.28. The zero-order valence-electron chi connectivity index (χ0n) is 6.64. The predicted molar refractivity (Wildman–Crippen MR) is 48.3 cm³/mol. The van der Waals surface area contributed by atoms with Crippen molar-refractivity contribution in [3.63, 3.8) is 0 Å². The van der Waals surface area contributed by atoms with E-state index < -0.39 is 0 Å². The van der Waals surface area contributed by atoms with Crippen LogP contribution in [0.1, 0.15) is 13.8 Å². The molecule has 3 heteroatoms. The van der Waals surface area contributed by atoms with Crippen molar-refractivity contribution in [2.24, 2.45) is 11.5 Å². The molecule has 0 aromatic carbocycles. The van der Waals surface area contributed by atoms with Crippen LogP contribution in [0.5, 0.6) is 0 Å². The van der Waals surface area contributed by atoms with Gasteiger partial charge in [0.2, 0.25) is 0 Å². The molecule has 0 aromatic rings. The number of allylic oxidation sites excluding steroid dienone is 3. The van der Waals surface area contributed by atoms with Gasteiger partial charge in [0.1, 0.15) is 0 Å². The highest BCUT2D eigenvalue weighted by Gasteiger charge is 1.92. The molecule has 2 nitrogen and oxygen atoms in total. The Morgan fingerprint density at radius 2 is 1.80 bits per heavy atom. The molecular weight excluding hydrogens is 144 g/mol. The lowest BCUT2D eigenvalue weighted by atomic mass is 10.4. The summed E-state index contributed by atoms with van der Waals surface area (Å²) >= 11 is 1.60. The van der Waals surface area contributed by atoms with Gasteiger partial charge in [-0.05, 0) is 26.2 Å². The Kier molecular flexibility index (Phi) is 4.03. The van der Waals surface area contributed by atoms with Gasteiger partial charge in [-0.3, -0.25) is 0 Å². The van der Waals surface area contributed by atoms with Crippen LogP contribution < -0.4 is 11.5 Å². The average Bonchev–Trinajstić information content (AvgIpc) is 1.81. The molecule has 0 saturated carbocycles. The summed E-state index contributed by atoms with van der Waals surface area (Å²) in [5.41, 5.74) is 12.6. The quantitative estimate of drug-likeness (QED) is 0.597. The van der Waals surface area contributed by atoms with Crippen LogP contribution in [-0.2, 0) is 0 Å². The molecule has 0 amide bonds. The van der Waals surface area contributed by atoms with Gasteiger partial charge in [-0.1, -0.05) is 0 Å². The first-order valence-electron chi connectivity index (χ1n) is 3.02. The van der Waals surface area contributed by atoms with Gasteiger partial charge in [-0.15, -0.1) is 11.8 Å². The minimum absolute atomic E-state index is 0.786. The first-order valence-corrected chi connectivity index (χ1v) is 4.24. The molecule has 0 atom stereocenters. The molecule has 0 rings (SSSR count). The van der Waals surface area contributed by atoms with Gasteiger partial charge in [0, 0.05) is 16.3 Å². The number of rotatable bonds is 2. The van der Waals surface area contributed by atoms with E-state index in [2.05, 4.69) is 0 Å². The minimum atomic E-state index is 0.786. The van der Waals surface area contributed by atoms with Crippen molar-refractivity contribution in [3.8, 4) is 0 Å². The third kappa shape index (κ3) is 3.45. The lowest BCUT2D eigenvalue weighted by Crippen LogP contribution is -1.96. The first-order chi connectivity index (χ1) is 4.57. The molecule has 0 bridgehead atoms. The highest BCUT2D eigenvalue weighted by Crippen LogP contribution is 2.15. The van der Waals surface area contributed by atoms with Gasteiger partial charge in [0.25, 0.3) is 0 Å². The third-order valence-electron chi connectivity index (χ3n) is 0.967. The zero-order valence-corrected chi connectivity index (χ0v) is 7.46. The summed E-state index contributed by atoms with van der Waals surface area (Å²) in [6, 6.07) is 0. The molecule has 0 aliphatic heterocycles. The van der Waals surface area contributed by atoms with E-state index in [-0.39, 0.29) is 0 Å². The van der Waals surface area contributed by atoms with E-state index >= 15 is 0 Å². The van der Waals surface area contributed by atoms with E-state index in [0.717, 1.165) is 16.3 Å². The van der Waals surface area contributed by atoms with E-state index in [1.807, 2.05) is 26.2 Å². The lowest BCUT2D eigenvalue weighted by molar-refractivity contribution is 1.27. The van der Waals surface area contributed by atoms with E-state index in [0.29, 0.717) is 0 Å². The van der Waals surface area contributed by atoms with Crippen molar-refractivity contribution in [2.45, 2.75) is 13.8 Å². The highest BCUT2D eigenvalue weighted by atomic mass is 32.2. The van der Waals surface area contributed by atoms with Crippen LogP contribution >= 0.6 is 11.8 Å². The molecule has 0 fully saturated rings. The molecule has 0 spiro atoms. The molecule has 0 heterocycles. The third-order valence-corrected chi connectivity index (χ3v) is 1.85. The number of hydrogen-bond acceptors (Lipinski definition) is 3. The summed E-state index contributed by atoms with van der Waals surface area (Å²) in [6.07, 6.45) is 3.85. The Bertz CT molecular complexity index is 162. The van der Waals surface area contributed by atoms with Crippen LogP contribution in [0.15, 0.2) is 22.4 Å². The monoisotopic (exact) mass is 158 g/mol. The fourth-order valence-corrected chi connectivity index (χ4v) is 1.17. The standard InChI is InChI=1S/C7H14N2S/c1-5(8)4-7(10-3)6(2)9/h4H,8-9H2,1-3H3/b5-4-,7-6+. The van der Waals surface area contributed by atoms with Crippen LogP contribution in [0.4, 0.5) is 0 Å². The maximum absolute atomic E-state index is 5.55. The SMILES string of the molecule is CSC(/C=C(/C)N)=C(\C)N. The van der Waals surface area contributed by atoms with Gasteiger partial charge < -0.3 is 11.5 Å². The van der Waals surface area contributed by atoms with Gasteiger partial charge >= 0.3 is 0 Å². The van der Waals surface area contributed by atoms with Crippen LogP contribution in [0, 0.1) is 0 Å². The molecule has 10 heavy (non-hydrogen) atoms. The minimum Gasteiger partial charge on any atom is -0.402 e. The molecule has 0 saturated heterocycles. The predicted octanol–water partition coefficient (Wildman–Crippen LogP) is 1.40. The summed E-state index contributed by atoms with van der Waals surface area (Å²) in [6.45, 7) is 3.71. The Morgan fingerprint density at radius 3 is 1.90 bits per heavy atom. The van der Waals surface area contributed by atoms with E-state index in [1.54, 1.807) is 11.8 Å². The van der Waals surface area contributed by atoms with Crippen molar-refractivity contribution in [2.75, 3.05) is 6.26 Å². The Labute approximate surface area is 66.4 Å². The van der Waals surface area contributed by atoms with Crippen molar-refractivity contribution >= 4 is 11.8 Å². The Morgan fingerprint density at radius 1 is 1.30 bits per heavy atom. The largest absolute Gasteiger partial charge is 0.402 e. The summed E-state index contributed by atoms with van der Waals surface area (Å²) in [4.78, 5) is 1.04. The normalized spacial score (nSPS) is 14.9. The average molecular weight is 158 g/mol. The zero-order chi connectivity index (χ0) is 8.15. The number of hydrogen-bond donors (Lipinski definition) is 2. The maximum atomic E-state index is 5.55. The maximum Gasteiger partial charge on any atom is 0.0271 e. The molecule has 4 N–H and O–H groups in total. The van der Waals surface area contributed by atoms with E-state index in [4.69, 9.17) is 11.5 Å². The molecule has 58 valence electrons. The first kappa shape index (κ1) is 9.43. The smallest absolute Gasteiger partial charge is 0.0271 e. The number of thioether (sulfide) groups is 1. The van der Waals surface area contributed by atoms with Gasteiger partial charge in [-0.25, -0.2) is 0 Å².